The van der Waals surface area contributed by atoms with Gasteiger partial charge < -0.3 is 15.5 Å². The fraction of sp³-hybridized carbons (Fsp3) is 0.385. The van der Waals surface area contributed by atoms with E-state index in [-0.39, 0.29) is 18.2 Å². The van der Waals surface area contributed by atoms with E-state index in [4.69, 9.17) is 0 Å². The van der Waals surface area contributed by atoms with Gasteiger partial charge in [0, 0.05) is 23.2 Å². The first-order chi connectivity index (χ1) is 8.97. The van der Waals surface area contributed by atoms with Gasteiger partial charge in [-0.3, -0.25) is 9.59 Å². The zero-order chi connectivity index (χ0) is 14.3. The Bertz CT molecular complexity index is 432. The van der Waals surface area contributed by atoms with Crippen molar-refractivity contribution in [3.05, 3.63) is 28.7 Å². The van der Waals surface area contributed by atoms with Crippen LogP contribution in [0.5, 0.6) is 0 Å². The predicted octanol–water partition coefficient (Wildman–Crippen LogP) is 1.46. The lowest BCUT2D eigenvalue weighted by atomic mass is 10.3. The van der Waals surface area contributed by atoms with Crippen LogP contribution in [0, 0.1) is 0 Å². The highest BCUT2D eigenvalue weighted by atomic mass is 79.9. The number of carbonyl (C=O) groups excluding carboxylic acids is 2. The van der Waals surface area contributed by atoms with Crippen LogP contribution in [0.2, 0.25) is 0 Å². The molecule has 0 spiro atoms. The smallest absolute Gasteiger partial charge is 0.233 e. The summed E-state index contributed by atoms with van der Waals surface area (Å²) in [4.78, 5) is 25.1. The van der Waals surface area contributed by atoms with E-state index in [1.54, 1.807) is 12.1 Å². The second-order valence-electron chi connectivity index (χ2n) is 4.39. The van der Waals surface area contributed by atoms with E-state index >= 15 is 0 Å². The number of nitrogens with zero attached hydrogens (tertiary/aromatic N) is 1. The first-order valence-electron chi connectivity index (χ1n) is 5.94. The first kappa shape index (κ1) is 15.7. The molecule has 0 unspecified atom stereocenters. The Labute approximate surface area is 121 Å². The molecule has 1 aromatic rings. The Morgan fingerprint density at radius 2 is 1.79 bits per heavy atom. The number of amides is 2. The summed E-state index contributed by atoms with van der Waals surface area (Å²) in [6.45, 7) is 1.29. The normalized spacial score (nSPS) is 10.3. The third-order valence-electron chi connectivity index (χ3n) is 2.33. The van der Waals surface area contributed by atoms with Gasteiger partial charge in [0.2, 0.25) is 11.8 Å². The summed E-state index contributed by atoms with van der Waals surface area (Å²) in [5.74, 6) is -0.582. The van der Waals surface area contributed by atoms with Crippen molar-refractivity contribution < 1.29 is 9.59 Å². The van der Waals surface area contributed by atoms with Crippen molar-refractivity contribution in [1.29, 1.82) is 0 Å². The fourth-order valence-electron chi connectivity index (χ4n) is 1.37. The molecule has 2 amide bonds. The highest BCUT2D eigenvalue weighted by Gasteiger charge is 2.09. The van der Waals surface area contributed by atoms with Crippen LogP contribution in [-0.2, 0) is 9.59 Å². The fourth-order valence-corrected chi connectivity index (χ4v) is 1.63. The van der Waals surface area contributed by atoms with Crippen molar-refractivity contribution in [2.75, 3.05) is 32.5 Å². The molecule has 0 aliphatic heterocycles. The molecule has 1 aromatic carbocycles. The highest BCUT2D eigenvalue weighted by Crippen LogP contribution is 2.14. The average molecular weight is 328 g/mol. The number of anilines is 1. The summed E-state index contributed by atoms with van der Waals surface area (Å²) >= 11 is 3.31. The summed E-state index contributed by atoms with van der Waals surface area (Å²) in [5, 5.41) is 5.36. The molecule has 0 bridgehead atoms. The van der Waals surface area contributed by atoms with Gasteiger partial charge in [0.15, 0.2) is 0 Å². The van der Waals surface area contributed by atoms with Gasteiger partial charge in [0.05, 0.1) is 0 Å². The number of halogens is 1. The molecule has 6 heteroatoms. The largest absolute Gasteiger partial charge is 0.354 e. The van der Waals surface area contributed by atoms with Gasteiger partial charge in [0.25, 0.3) is 0 Å². The van der Waals surface area contributed by atoms with Crippen LogP contribution in [0.3, 0.4) is 0 Å². The Kier molecular flexibility index (Phi) is 6.52. The second kappa shape index (κ2) is 7.91. The predicted molar refractivity (Wildman–Crippen MR) is 79.0 cm³/mol. The van der Waals surface area contributed by atoms with E-state index in [2.05, 4.69) is 26.6 Å². The highest BCUT2D eigenvalue weighted by molar-refractivity contribution is 9.10. The molecular weight excluding hydrogens is 310 g/mol. The van der Waals surface area contributed by atoms with Crippen LogP contribution in [-0.4, -0.2) is 43.9 Å². The molecule has 0 atom stereocenters. The number of hydrogen-bond acceptors (Lipinski definition) is 3. The SMILES string of the molecule is CN(C)CCNC(=O)CC(=O)Nc1ccc(Br)cc1. The Morgan fingerprint density at radius 3 is 2.37 bits per heavy atom. The minimum atomic E-state index is -0.315. The molecule has 0 saturated carbocycles. The maximum Gasteiger partial charge on any atom is 0.233 e. The van der Waals surface area contributed by atoms with Gasteiger partial charge in [-0.2, -0.15) is 0 Å². The Morgan fingerprint density at radius 1 is 1.16 bits per heavy atom. The summed E-state index contributed by atoms with van der Waals surface area (Å²) in [5.41, 5.74) is 0.675. The van der Waals surface area contributed by atoms with Gasteiger partial charge in [-0.05, 0) is 38.4 Å². The molecule has 0 saturated heterocycles. The molecule has 2 N–H and O–H groups in total. The van der Waals surface area contributed by atoms with E-state index < -0.39 is 0 Å². The number of carbonyl (C=O) groups is 2. The quantitative estimate of drug-likeness (QED) is 0.777. The first-order valence-corrected chi connectivity index (χ1v) is 6.73. The molecule has 0 aliphatic carbocycles. The van der Waals surface area contributed by atoms with Crippen LogP contribution in [0.4, 0.5) is 5.69 Å². The van der Waals surface area contributed by atoms with Crippen LogP contribution in [0.25, 0.3) is 0 Å². The van der Waals surface area contributed by atoms with Crippen molar-refractivity contribution in [3.8, 4) is 0 Å². The van der Waals surface area contributed by atoms with Crippen molar-refractivity contribution in [3.63, 3.8) is 0 Å². The molecule has 0 aromatic heterocycles. The molecule has 0 radical (unpaired) electrons. The minimum Gasteiger partial charge on any atom is -0.354 e. The molecule has 1 rings (SSSR count). The molecule has 0 aliphatic rings. The van der Waals surface area contributed by atoms with E-state index in [9.17, 15) is 9.59 Å². The topological polar surface area (TPSA) is 61.4 Å². The van der Waals surface area contributed by atoms with Crippen molar-refractivity contribution in [1.82, 2.24) is 10.2 Å². The Hall–Kier alpha value is -1.40. The van der Waals surface area contributed by atoms with Gasteiger partial charge in [-0.25, -0.2) is 0 Å². The zero-order valence-corrected chi connectivity index (χ0v) is 12.7. The minimum absolute atomic E-state index is 0.163. The Balaban J connectivity index is 2.30. The van der Waals surface area contributed by atoms with Crippen LogP contribution in [0.1, 0.15) is 6.42 Å². The van der Waals surface area contributed by atoms with E-state index in [1.807, 2.05) is 31.1 Å². The van der Waals surface area contributed by atoms with E-state index in [1.165, 1.54) is 0 Å². The van der Waals surface area contributed by atoms with Gasteiger partial charge in [-0.15, -0.1) is 0 Å². The summed E-state index contributed by atoms with van der Waals surface area (Å²) in [6.07, 6.45) is -0.163. The van der Waals surface area contributed by atoms with Crippen molar-refractivity contribution >= 4 is 33.4 Å². The summed E-state index contributed by atoms with van der Waals surface area (Å²) < 4.78 is 0.937. The molecule has 5 nitrogen and oxygen atoms in total. The maximum absolute atomic E-state index is 11.6. The lowest BCUT2D eigenvalue weighted by molar-refractivity contribution is -0.126. The number of benzene rings is 1. The lowest BCUT2D eigenvalue weighted by Gasteiger charge is -2.10. The summed E-state index contributed by atoms with van der Waals surface area (Å²) in [7, 11) is 3.85. The zero-order valence-electron chi connectivity index (χ0n) is 11.1. The van der Waals surface area contributed by atoms with Crippen molar-refractivity contribution in [2.24, 2.45) is 0 Å². The van der Waals surface area contributed by atoms with Crippen LogP contribution in [0.15, 0.2) is 28.7 Å². The lowest BCUT2D eigenvalue weighted by Crippen LogP contribution is -2.33. The monoisotopic (exact) mass is 327 g/mol. The molecule has 19 heavy (non-hydrogen) atoms. The van der Waals surface area contributed by atoms with Gasteiger partial charge >= 0.3 is 0 Å². The number of rotatable bonds is 6. The molecule has 104 valence electrons. The van der Waals surface area contributed by atoms with Crippen LogP contribution < -0.4 is 10.6 Å². The van der Waals surface area contributed by atoms with Crippen LogP contribution >= 0.6 is 15.9 Å². The third kappa shape index (κ3) is 6.93. The summed E-state index contributed by atoms with van der Waals surface area (Å²) in [6, 6.07) is 7.19. The molecule has 0 heterocycles. The number of likely N-dealkylation sites (N-methyl/N-ethyl adjacent to an activating group) is 1. The number of hydrogen-bond donors (Lipinski definition) is 2. The third-order valence-corrected chi connectivity index (χ3v) is 2.86. The van der Waals surface area contributed by atoms with Gasteiger partial charge in [0.1, 0.15) is 6.42 Å². The average Bonchev–Trinajstić information content (AvgIpc) is 2.31. The maximum atomic E-state index is 11.6. The van der Waals surface area contributed by atoms with Crippen molar-refractivity contribution in [2.45, 2.75) is 6.42 Å². The standard InChI is InChI=1S/C13H18BrN3O2/c1-17(2)8-7-15-12(18)9-13(19)16-11-5-3-10(14)4-6-11/h3-6H,7-9H2,1-2H3,(H,15,18)(H,16,19). The molecular formula is C13H18BrN3O2. The number of nitrogens with one attached hydrogen (secondary N) is 2. The molecule has 0 fully saturated rings. The second-order valence-corrected chi connectivity index (χ2v) is 5.30. The van der Waals surface area contributed by atoms with E-state index in [0.717, 1.165) is 11.0 Å². The van der Waals surface area contributed by atoms with E-state index in [0.29, 0.717) is 12.2 Å². The van der Waals surface area contributed by atoms with Gasteiger partial charge in [-0.1, -0.05) is 15.9 Å².